The molecule has 0 radical (unpaired) electrons. The van der Waals surface area contributed by atoms with Gasteiger partial charge in [0.15, 0.2) is 23.0 Å². The first-order chi connectivity index (χ1) is 12.6. The Labute approximate surface area is 149 Å². The number of aromatic nitrogens is 3. The number of carbonyl (C=O) groups excluding carboxylic acids is 1. The van der Waals surface area contributed by atoms with Crippen LogP contribution in [0.25, 0.3) is 5.65 Å². The Morgan fingerprint density at radius 2 is 2.00 bits per heavy atom. The minimum atomic E-state index is -0.602. The predicted octanol–water partition coefficient (Wildman–Crippen LogP) is 2.50. The summed E-state index contributed by atoms with van der Waals surface area (Å²) < 4.78 is 22.4. The summed E-state index contributed by atoms with van der Waals surface area (Å²) >= 11 is 0. The first-order valence-electron chi connectivity index (χ1n) is 7.68. The number of carbonyl (C=O) groups is 1. The van der Waals surface area contributed by atoms with E-state index < -0.39 is 6.09 Å². The van der Waals surface area contributed by atoms with E-state index in [0.29, 0.717) is 28.8 Å². The molecular formula is C17H18N4O5. The molecule has 0 aliphatic rings. The molecule has 0 aliphatic carbocycles. The van der Waals surface area contributed by atoms with Gasteiger partial charge in [0, 0.05) is 11.6 Å². The smallest absolute Gasteiger partial charge is 0.412 e. The standard InChI is InChI=1S/C17H18N4O5/c1-23-12-6-4-5-11(16(12)24-2)10-26-15-8-7-14-18-13(9-21(14)20-15)19-17(22)25-3/h4-9H,10H2,1-3H3,(H,19,22). The van der Waals surface area contributed by atoms with Crippen molar-refractivity contribution >= 4 is 17.6 Å². The molecule has 0 unspecified atom stereocenters. The number of hydrogen-bond acceptors (Lipinski definition) is 7. The first kappa shape index (κ1) is 17.3. The van der Waals surface area contributed by atoms with Crippen molar-refractivity contribution in [2.24, 2.45) is 0 Å². The number of para-hydroxylation sites is 1. The lowest BCUT2D eigenvalue weighted by atomic mass is 10.2. The normalized spacial score (nSPS) is 10.4. The third-order valence-electron chi connectivity index (χ3n) is 3.57. The summed E-state index contributed by atoms with van der Waals surface area (Å²) in [6, 6.07) is 8.98. The molecule has 2 aromatic heterocycles. The maximum Gasteiger partial charge on any atom is 0.412 e. The maximum absolute atomic E-state index is 11.2. The van der Waals surface area contributed by atoms with Gasteiger partial charge in [0.2, 0.25) is 5.88 Å². The highest BCUT2D eigenvalue weighted by molar-refractivity contribution is 5.83. The zero-order chi connectivity index (χ0) is 18.5. The van der Waals surface area contributed by atoms with Crippen molar-refractivity contribution in [1.29, 1.82) is 0 Å². The highest BCUT2D eigenvalue weighted by Gasteiger charge is 2.11. The van der Waals surface area contributed by atoms with Crippen molar-refractivity contribution in [2.45, 2.75) is 6.61 Å². The number of imidazole rings is 1. The summed E-state index contributed by atoms with van der Waals surface area (Å²) in [7, 11) is 4.44. The van der Waals surface area contributed by atoms with Crippen molar-refractivity contribution in [2.75, 3.05) is 26.6 Å². The van der Waals surface area contributed by atoms with Gasteiger partial charge in [-0.3, -0.25) is 5.32 Å². The number of fused-ring (bicyclic) bond motifs is 1. The SMILES string of the molecule is COC(=O)Nc1cn2nc(OCc3cccc(OC)c3OC)ccc2n1. The van der Waals surface area contributed by atoms with Crippen molar-refractivity contribution < 1.29 is 23.7 Å². The predicted molar refractivity (Wildman–Crippen MR) is 92.9 cm³/mol. The van der Waals surface area contributed by atoms with E-state index in [4.69, 9.17) is 14.2 Å². The van der Waals surface area contributed by atoms with Crippen LogP contribution in [0.15, 0.2) is 36.5 Å². The molecule has 26 heavy (non-hydrogen) atoms. The molecule has 0 saturated carbocycles. The Hall–Kier alpha value is -3.49. The fraction of sp³-hybridized carbons (Fsp3) is 0.235. The molecule has 9 nitrogen and oxygen atoms in total. The van der Waals surface area contributed by atoms with Gasteiger partial charge in [-0.25, -0.2) is 14.3 Å². The van der Waals surface area contributed by atoms with Crippen LogP contribution in [0.1, 0.15) is 5.56 Å². The molecule has 9 heteroatoms. The molecular weight excluding hydrogens is 340 g/mol. The Kier molecular flexibility index (Phi) is 5.07. The lowest BCUT2D eigenvalue weighted by Crippen LogP contribution is -2.10. The van der Waals surface area contributed by atoms with Crippen LogP contribution in [-0.4, -0.2) is 42.0 Å². The van der Waals surface area contributed by atoms with Crippen LogP contribution in [0.3, 0.4) is 0 Å². The third kappa shape index (κ3) is 3.61. The van der Waals surface area contributed by atoms with Crippen molar-refractivity contribution in [3.05, 3.63) is 42.1 Å². The zero-order valence-electron chi connectivity index (χ0n) is 14.6. The molecule has 136 valence electrons. The van der Waals surface area contributed by atoms with Crippen molar-refractivity contribution in [1.82, 2.24) is 14.6 Å². The van der Waals surface area contributed by atoms with Crippen LogP contribution in [0.5, 0.6) is 17.4 Å². The lowest BCUT2D eigenvalue weighted by molar-refractivity contribution is 0.187. The summed E-state index contributed by atoms with van der Waals surface area (Å²) in [6.07, 6.45) is 0.959. The topological polar surface area (TPSA) is 96.2 Å². The van der Waals surface area contributed by atoms with Gasteiger partial charge in [0.1, 0.15) is 6.61 Å². The number of rotatable bonds is 6. The van der Waals surface area contributed by atoms with E-state index in [-0.39, 0.29) is 6.61 Å². The summed E-state index contributed by atoms with van der Waals surface area (Å²) in [5.41, 5.74) is 1.38. The number of amides is 1. The Balaban J connectivity index is 1.76. The zero-order valence-corrected chi connectivity index (χ0v) is 14.6. The van der Waals surface area contributed by atoms with E-state index in [9.17, 15) is 4.79 Å². The monoisotopic (exact) mass is 358 g/mol. The third-order valence-corrected chi connectivity index (χ3v) is 3.57. The second kappa shape index (κ2) is 7.60. The number of methoxy groups -OCH3 is 3. The molecule has 1 aromatic carbocycles. The van der Waals surface area contributed by atoms with Gasteiger partial charge < -0.3 is 18.9 Å². The Bertz CT molecular complexity index is 925. The summed E-state index contributed by atoms with van der Waals surface area (Å²) in [6.45, 7) is 0.251. The molecule has 0 spiro atoms. The van der Waals surface area contributed by atoms with E-state index in [2.05, 4.69) is 20.1 Å². The van der Waals surface area contributed by atoms with E-state index >= 15 is 0 Å². The van der Waals surface area contributed by atoms with E-state index in [0.717, 1.165) is 5.56 Å². The first-order valence-corrected chi connectivity index (χ1v) is 7.68. The quantitative estimate of drug-likeness (QED) is 0.723. The van der Waals surface area contributed by atoms with Crippen LogP contribution in [0.4, 0.5) is 10.6 Å². The van der Waals surface area contributed by atoms with Gasteiger partial charge in [-0.1, -0.05) is 12.1 Å². The Morgan fingerprint density at radius 3 is 2.73 bits per heavy atom. The molecule has 0 fully saturated rings. The van der Waals surface area contributed by atoms with Gasteiger partial charge >= 0.3 is 6.09 Å². The van der Waals surface area contributed by atoms with Crippen molar-refractivity contribution in [3.63, 3.8) is 0 Å². The largest absolute Gasteiger partial charge is 0.493 e. The molecule has 0 saturated heterocycles. The van der Waals surface area contributed by atoms with E-state index in [1.807, 2.05) is 18.2 Å². The maximum atomic E-state index is 11.2. The number of ether oxygens (including phenoxy) is 4. The summed E-state index contributed by atoms with van der Waals surface area (Å²) in [5, 5.41) is 6.79. The molecule has 3 rings (SSSR count). The van der Waals surface area contributed by atoms with Crippen LogP contribution < -0.4 is 19.5 Å². The Morgan fingerprint density at radius 1 is 1.15 bits per heavy atom. The minimum absolute atomic E-state index is 0.251. The van der Waals surface area contributed by atoms with E-state index in [1.54, 1.807) is 32.5 Å². The highest BCUT2D eigenvalue weighted by Crippen LogP contribution is 2.31. The van der Waals surface area contributed by atoms with Crippen LogP contribution >= 0.6 is 0 Å². The van der Waals surface area contributed by atoms with Gasteiger partial charge in [0.25, 0.3) is 0 Å². The summed E-state index contributed by atoms with van der Waals surface area (Å²) in [4.78, 5) is 15.5. The second-order valence-electron chi connectivity index (χ2n) is 5.16. The van der Waals surface area contributed by atoms with Gasteiger partial charge in [-0.15, -0.1) is 5.10 Å². The molecule has 2 heterocycles. The number of nitrogens with zero attached hydrogens (tertiary/aromatic N) is 3. The van der Waals surface area contributed by atoms with Gasteiger partial charge in [0.05, 0.1) is 27.5 Å². The van der Waals surface area contributed by atoms with Gasteiger partial charge in [-0.2, -0.15) is 0 Å². The van der Waals surface area contributed by atoms with E-state index in [1.165, 1.54) is 11.6 Å². The number of benzene rings is 1. The number of anilines is 1. The van der Waals surface area contributed by atoms with Crippen LogP contribution in [0, 0.1) is 0 Å². The molecule has 0 atom stereocenters. The second-order valence-corrected chi connectivity index (χ2v) is 5.16. The molecule has 1 amide bonds. The molecule has 0 bridgehead atoms. The fourth-order valence-corrected chi connectivity index (χ4v) is 2.38. The van der Waals surface area contributed by atoms with Crippen LogP contribution in [-0.2, 0) is 11.3 Å². The highest BCUT2D eigenvalue weighted by atomic mass is 16.5. The number of nitrogens with one attached hydrogen (secondary N) is 1. The van der Waals surface area contributed by atoms with Gasteiger partial charge in [-0.05, 0) is 12.1 Å². The van der Waals surface area contributed by atoms with Crippen LogP contribution in [0.2, 0.25) is 0 Å². The molecule has 0 aliphatic heterocycles. The average Bonchev–Trinajstić information content (AvgIpc) is 3.06. The molecule has 3 aromatic rings. The molecule has 1 N–H and O–H groups in total. The number of hydrogen-bond donors (Lipinski definition) is 1. The average molecular weight is 358 g/mol. The fourth-order valence-electron chi connectivity index (χ4n) is 2.38. The summed E-state index contributed by atoms with van der Waals surface area (Å²) in [5.74, 6) is 1.97. The lowest BCUT2D eigenvalue weighted by Gasteiger charge is -2.12. The van der Waals surface area contributed by atoms with Crippen molar-refractivity contribution in [3.8, 4) is 17.4 Å². The minimum Gasteiger partial charge on any atom is -0.493 e.